The van der Waals surface area contributed by atoms with Gasteiger partial charge in [-0.05, 0) is 53.6 Å². The van der Waals surface area contributed by atoms with Crippen molar-refractivity contribution in [2.75, 3.05) is 5.32 Å². The van der Waals surface area contributed by atoms with Gasteiger partial charge in [0, 0.05) is 12.1 Å². The second kappa shape index (κ2) is 6.69. The SMILES string of the molecule is CCCC1CCC(Nc2cc(Br)c(F)cc2F)CC1. The van der Waals surface area contributed by atoms with Gasteiger partial charge in [0.05, 0.1) is 10.2 Å². The van der Waals surface area contributed by atoms with Crippen molar-refractivity contribution in [1.82, 2.24) is 0 Å². The zero-order valence-electron chi connectivity index (χ0n) is 11.2. The van der Waals surface area contributed by atoms with E-state index in [1.807, 2.05) is 0 Å². The third-order valence-corrected chi connectivity index (χ3v) is 4.52. The smallest absolute Gasteiger partial charge is 0.149 e. The summed E-state index contributed by atoms with van der Waals surface area (Å²) in [6.07, 6.45) is 7.08. The first-order valence-electron chi connectivity index (χ1n) is 7.01. The summed E-state index contributed by atoms with van der Waals surface area (Å²) in [6, 6.07) is 2.72. The van der Waals surface area contributed by atoms with E-state index in [4.69, 9.17) is 0 Å². The predicted molar refractivity (Wildman–Crippen MR) is 78.3 cm³/mol. The molecule has 0 amide bonds. The largest absolute Gasteiger partial charge is 0.380 e. The molecule has 0 bridgehead atoms. The van der Waals surface area contributed by atoms with Crippen LogP contribution in [-0.4, -0.2) is 6.04 Å². The summed E-state index contributed by atoms with van der Waals surface area (Å²) in [6.45, 7) is 2.22. The quantitative estimate of drug-likeness (QED) is 0.718. The van der Waals surface area contributed by atoms with Gasteiger partial charge in [0.2, 0.25) is 0 Å². The van der Waals surface area contributed by atoms with E-state index in [0.29, 0.717) is 16.2 Å². The molecule has 0 saturated heterocycles. The molecule has 0 radical (unpaired) electrons. The van der Waals surface area contributed by atoms with Crippen molar-refractivity contribution in [3.63, 3.8) is 0 Å². The predicted octanol–water partition coefficient (Wildman–Crippen LogP) is 5.50. The van der Waals surface area contributed by atoms with Crippen molar-refractivity contribution < 1.29 is 8.78 Å². The summed E-state index contributed by atoms with van der Waals surface area (Å²) in [5.41, 5.74) is 0.396. The Hall–Kier alpha value is -0.640. The van der Waals surface area contributed by atoms with Crippen molar-refractivity contribution in [3.8, 4) is 0 Å². The first-order chi connectivity index (χ1) is 9.10. The minimum Gasteiger partial charge on any atom is -0.380 e. The third-order valence-electron chi connectivity index (χ3n) is 3.91. The van der Waals surface area contributed by atoms with Crippen molar-refractivity contribution in [1.29, 1.82) is 0 Å². The van der Waals surface area contributed by atoms with E-state index >= 15 is 0 Å². The summed E-state index contributed by atoms with van der Waals surface area (Å²) in [5, 5.41) is 3.21. The van der Waals surface area contributed by atoms with E-state index in [1.54, 1.807) is 0 Å². The Balaban J connectivity index is 1.94. The summed E-state index contributed by atoms with van der Waals surface area (Å²) >= 11 is 3.09. The molecule has 1 N–H and O–H groups in total. The fraction of sp³-hybridized carbons (Fsp3) is 0.600. The van der Waals surface area contributed by atoms with E-state index in [2.05, 4.69) is 28.2 Å². The van der Waals surface area contributed by atoms with Crippen molar-refractivity contribution in [3.05, 3.63) is 28.2 Å². The molecule has 19 heavy (non-hydrogen) atoms. The molecule has 0 spiro atoms. The van der Waals surface area contributed by atoms with Gasteiger partial charge in [0.15, 0.2) is 0 Å². The van der Waals surface area contributed by atoms with Gasteiger partial charge >= 0.3 is 0 Å². The van der Waals surface area contributed by atoms with Crippen LogP contribution in [0.15, 0.2) is 16.6 Å². The van der Waals surface area contributed by atoms with Crippen LogP contribution in [0, 0.1) is 17.6 Å². The van der Waals surface area contributed by atoms with Gasteiger partial charge in [-0.25, -0.2) is 8.78 Å². The lowest BCUT2D eigenvalue weighted by Gasteiger charge is -2.29. The minimum atomic E-state index is -0.560. The normalized spacial score (nSPS) is 23.4. The van der Waals surface area contributed by atoms with Gasteiger partial charge in [0.1, 0.15) is 11.6 Å². The molecule has 1 aromatic carbocycles. The van der Waals surface area contributed by atoms with Crippen LogP contribution >= 0.6 is 15.9 Å². The Kier molecular flexibility index (Phi) is 5.20. The number of hydrogen-bond donors (Lipinski definition) is 1. The summed E-state index contributed by atoms with van der Waals surface area (Å²) in [7, 11) is 0. The van der Waals surface area contributed by atoms with Gasteiger partial charge in [-0.3, -0.25) is 0 Å². The highest BCUT2D eigenvalue weighted by atomic mass is 79.9. The summed E-state index contributed by atoms with van der Waals surface area (Å²) < 4.78 is 27.1. The molecule has 1 aliphatic carbocycles. The maximum Gasteiger partial charge on any atom is 0.149 e. The second-order valence-corrected chi connectivity index (χ2v) is 6.25. The van der Waals surface area contributed by atoms with Gasteiger partial charge in [-0.2, -0.15) is 0 Å². The summed E-state index contributed by atoms with van der Waals surface area (Å²) in [5.74, 6) is -0.251. The average molecular weight is 332 g/mol. The molecule has 0 atom stereocenters. The van der Waals surface area contributed by atoms with Crippen LogP contribution in [0.1, 0.15) is 45.4 Å². The van der Waals surface area contributed by atoms with Crippen molar-refractivity contribution in [2.24, 2.45) is 5.92 Å². The molecular formula is C15H20BrF2N. The topological polar surface area (TPSA) is 12.0 Å². The van der Waals surface area contributed by atoms with E-state index in [-0.39, 0.29) is 0 Å². The first kappa shape index (κ1) is 14.8. The Bertz CT molecular complexity index is 428. The number of benzene rings is 1. The molecule has 4 heteroatoms. The lowest BCUT2D eigenvalue weighted by molar-refractivity contribution is 0.318. The number of anilines is 1. The Labute approximate surface area is 121 Å². The fourth-order valence-electron chi connectivity index (χ4n) is 2.86. The van der Waals surface area contributed by atoms with Crippen LogP contribution in [0.4, 0.5) is 14.5 Å². The van der Waals surface area contributed by atoms with Crippen molar-refractivity contribution >= 4 is 21.6 Å². The van der Waals surface area contributed by atoms with Crippen LogP contribution in [0.25, 0.3) is 0 Å². The minimum absolute atomic E-state index is 0.302. The monoisotopic (exact) mass is 331 g/mol. The number of nitrogens with one attached hydrogen (secondary N) is 1. The highest BCUT2D eigenvalue weighted by Gasteiger charge is 2.21. The molecular weight excluding hydrogens is 312 g/mol. The van der Waals surface area contributed by atoms with Gasteiger partial charge < -0.3 is 5.32 Å². The molecule has 106 valence electrons. The zero-order valence-corrected chi connectivity index (χ0v) is 12.8. The molecule has 1 saturated carbocycles. The van der Waals surface area contributed by atoms with Crippen LogP contribution in [0.5, 0.6) is 0 Å². The Morgan fingerprint density at radius 3 is 2.47 bits per heavy atom. The molecule has 1 aliphatic rings. The van der Waals surface area contributed by atoms with Crippen LogP contribution in [0.2, 0.25) is 0 Å². The number of halogens is 3. The average Bonchev–Trinajstić information content (AvgIpc) is 2.38. The summed E-state index contributed by atoms with van der Waals surface area (Å²) in [4.78, 5) is 0. The van der Waals surface area contributed by atoms with E-state index in [0.717, 1.165) is 24.8 Å². The molecule has 0 unspecified atom stereocenters. The highest BCUT2D eigenvalue weighted by molar-refractivity contribution is 9.10. The second-order valence-electron chi connectivity index (χ2n) is 5.40. The van der Waals surface area contributed by atoms with Crippen LogP contribution < -0.4 is 5.32 Å². The maximum atomic E-state index is 13.7. The molecule has 2 rings (SSSR count). The molecule has 1 fully saturated rings. The number of hydrogen-bond acceptors (Lipinski definition) is 1. The lowest BCUT2D eigenvalue weighted by Crippen LogP contribution is -2.26. The number of rotatable bonds is 4. The van der Waals surface area contributed by atoms with E-state index < -0.39 is 11.6 Å². The van der Waals surface area contributed by atoms with Crippen LogP contribution in [0.3, 0.4) is 0 Å². The standard InChI is InChI=1S/C15H20BrF2N/c1-2-3-10-4-6-11(7-5-10)19-15-8-12(16)13(17)9-14(15)18/h8-11,19H,2-7H2,1H3. The van der Waals surface area contributed by atoms with Gasteiger partial charge in [-0.15, -0.1) is 0 Å². The maximum absolute atomic E-state index is 13.7. The first-order valence-corrected chi connectivity index (χ1v) is 7.80. The highest BCUT2D eigenvalue weighted by Crippen LogP contribution is 2.31. The fourth-order valence-corrected chi connectivity index (χ4v) is 3.20. The van der Waals surface area contributed by atoms with Crippen LogP contribution in [-0.2, 0) is 0 Å². The molecule has 0 aliphatic heterocycles. The van der Waals surface area contributed by atoms with Gasteiger partial charge in [0.25, 0.3) is 0 Å². The van der Waals surface area contributed by atoms with Crippen molar-refractivity contribution in [2.45, 2.75) is 51.5 Å². The van der Waals surface area contributed by atoms with E-state index in [9.17, 15) is 8.78 Å². The lowest BCUT2D eigenvalue weighted by atomic mass is 9.83. The van der Waals surface area contributed by atoms with Gasteiger partial charge in [-0.1, -0.05) is 19.8 Å². The van der Waals surface area contributed by atoms with E-state index in [1.165, 1.54) is 31.7 Å². The third kappa shape index (κ3) is 3.91. The molecule has 0 aromatic heterocycles. The Morgan fingerprint density at radius 1 is 1.16 bits per heavy atom. The Morgan fingerprint density at radius 2 is 1.84 bits per heavy atom. The zero-order chi connectivity index (χ0) is 13.8. The molecule has 1 nitrogen and oxygen atoms in total. The molecule has 1 aromatic rings. The molecule has 0 heterocycles.